The highest BCUT2D eigenvalue weighted by Crippen LogP contribution is 2.32. The van der Waals surface area contributed by atoms with Gasteiger partial charge in [-0.3, -0.25) is 9.59 Å². The first-order valence-electron chi connectivity index (χ1n) is 7.01. The number of hydrogen-bond acceptors (Lipinski definition) is 2. The van der Waals surface area contributed by atoms with Gasteiger partial charge in [0.1, 0.15) is 5.82 Å². The molecule has 2 atom stereocenters. The normalized spacial score (nSPS) is 22.0. The number of carboxylic acid groups (broad SMARTS) is 1. The van der Waals surface area contributed by atoms with Crippen LogP contribution in [-0.4, -0.2) is 34.5 Å². The van der Waals surface area contributed by atoms with Crippen molar-refractivity contribution in [2.24, 2.45) is 5.92 Å². The molecule has 2 rings (SSSR count). The van der Waals surface area contributed by atoms with Gasteiger partial charge in [-0.2, -0.15) is 13.2 Å². The van der Waals surface area contributed by atoms with Crippen LogP contribution in [0.5, 0.6) is 0 Å². The molecule has 0 aromatic heterocycles. The molecule has 8 heteroatoms. The van der Waals surface area contributed by atoms with E-state index < -0.39 is 35.4 Å². The molecule has 1 saturated heterocycles. The molecule has 1 N–H and O–H groups in total. The van der Waals surface area contributed by atoms with Gasteiger partial charge in [-0.15, -0.1) is 0 Å². The fourth-order valence-electron chi connectivity index (χ4n) is 2.64. The Bertz CT molecular complexity index is 630. The van der Waals surface area contributed by atoms with Gasteiger partial charge in [-0.1, -0.05) is 0 Å². The summed E-state index contributed by atoms with van der Waals surface area (Å²) in [4.78, 5) is 24.7. The van der Waals surface area contributed by atoms with Crippen molar-refractivity contribution in [2.45, 2.75) is 32.0 Å². The molecule has 1 amide bonds. The number of piperidine rings is 1. The maximum Gasteiger partial charge on any atom is 0.419 e. The molecular weight excluding hydrogens is 318 g/mol. The second kappa shape index (κ2) is 6.17. The molecule has 1 aliphatic heterocycles. The van der Waals surface area contributed by atoms with Crippen molar-refractivity contribution >= 4 is 11.9 Å². The Kier molecular flexibility index (Phi) is 4.63. The maximum atomic E-state index is 13.6. The first-order valence-corrected chi connectivity index (χ1v) is 7.01. The summed E-state index contributed by atoms with van der Waals surface area (Å²) in [6.07, 6.45) is -3.95. The highest BCUT2D eigenvalue weighted by atomic mass is 19.4. The number of carbonyl (C=O) groups is 2. The van der Waals surface area contributed by atoms with Gasteiger partial charge in [0.25, 0.3) is 5.91 Å². The Morgan fingerprint density at radius 2 is 1.91 bits per heavy atom. The minimum atomic E-state index is -4.83. The van der Waals surface area contributed by atoms with Gasteiger partial charge in [-0.05, 0) is 38.0 Å². The molecule has 0 aliphatic carbocycles. The molecule has 1 aromatic carbocycles. The highest BCUT2D eigenvalue weighted by molar-refractivity contribution is 5.95. The van der Waals surface area contributed by atoms with Crippen LogP contribution in [0, 0.1) is 11.7 Å². The number of nitrogens with zero attached hydrogens (tertiary/aromatic N) is 1. The molecule has 0 saturated carbocycles. The second-order valence-corrected chi connectivity index (χ2v) is 5.61. The summed E-state index contributed by atoms with van der Waals surface area (Å²) in [5.74, 6) is -3.96. The molecule has 1 heterocycles. The zero-order chi connectivity index (χ0) is 17.4. The van der Waals surface area contributed by atoms with E-state index in [4.69, 9.17) is 5.11 Å². The number of likely N-dealkylation sites (tertiary alicyclic amines) is 1. The standard InChI is InChI=1S/C15H15F4NO3/c1-8-2-3-10(14(22)23)7-20(8)13(21)9-4-5-11(12(16)6-9)15(17,18)19/h4-6,8,10H,2-3,7H2,1H3,(H,22,23). The van der Waals surface area contributed by atoms with E-state index in [9.17, 15) is 27.2 Å². The summed E-state index contributed by atoms with van der Waals surface area (Å²) in [5.41, 5.74) is -1.67. The van der Waals surface area contributed by atoms with Crippen LogP contribution in [0.4, 0.5) is 17.6 Å². The van der Waals surface area contributed by atoms with E-state index in [-0.39, 0.29) is 18.2 Å². The molecule has 1 aliphatic rings. The number of carboxylic acids is 1. The van der Waals surface area contributed by atoms with Crippen molar-refractivity contribution in [1.82, 2.24) is 4.90 Å². The topological polar surface area (TPSA) is 57.6 Å². The van der Waals surface area contributed by atoms with Crippen molar-refractivity contribution in [1.29, 1.82) is 0 Å². The van der Waals surface area contributed by atoms with Crippen LogP contribution in [0.15, 0.2) is 18.2 Å². The van der Waals surface area contributed by atoms with Crippen molar-refractivity contribution < 1.29 is 32.3 Å². The maximum absolute atomic E-state index is 13.6. The third-order valence-corrected chi connectivity index (χ3v) is 4.01. The van der Waals surface area contributed by atoms with Crippen molar-refractivity contribution in [3.8, 4) is 0 Å². The number of halogens is 4. The summed E-state index contributed by atoms with van der Waals surface area (Å²) in [5, 5.41) is 9.04. The number of aliphatic carboxylic acids is 1. The zero-order valence-corrected chi connectivity index (χ0v) is 12.2. The summed E-state index contributed by atoms with van der Waals surface area (Å²) in [7, 11) is 0. The van der Waals surface area contributed by atoms with Gasteiger partial charge in [0.05, 0.1) is 11.5 Å². The van der Waals surface area contributed by atoms with E-state index in [0.717, 1.165) is 6.07 Å². The molecule has 1 aromatic rings. The lowest BCUT2D eigenvalue weighted by molar-refractivity contribution is -0.143. The number of carbonyl (C=O) groups excluding carboxylic acids is 1. The number of benzene rings is 1. The largest absolute Gasteiger partial charge is 0.481 e. The first-order chi connectivity index (χ1) is 10.6. The van der Waals surface area contributed by atoms with Crippen LogP contribution in [-0.2, 0) is 11.0 Å². The van der Waals surface area contributed by atoms with Gasteiger partial charge in [0.15, 0.2) is 0 Å². The van der Waals surface area contributed by atoms with Crippen LogP contribution >= 0.6 is 0 Å². The van der Waals surface area contributed by atoms with E-state index in [1.54, 1.807) is 6.92 Å². The molecule has 0 spiro atoms. The fourth-order valence-corrected chi connectivity index (χ4v) is 2.64. The summed E-state index contributed by atoms with van der Waals surface area (Å²) in [6.45, 7) is 1.67. The summed E-state index contributed by atoms with van der Waals surface area (Å²) >= 11 is 0. The van der Waals surface area contributed by atoms with Gasteiger partial charge < -0.3 is 10.0 Å². The molecule has 2 unspecified atom stereocenters. The second-order valence-electron chi connectivity index (χ2n) is 5.61. The lowest BCUT2D eigenvalue weighted by Gasteiger charge is -2.36. The Morgan fingerprint density at radius 3 is 2.43 bits per heavy atom. The minimum Gasteiger partial charge on any atom is -0.481 e. The number of hydrogen-bond donors (Lipinski definition) is 1. The predicted octanol–water partition coefficient (Wildman–Crippen LogP) is 3.17. The fraction of sp³-hybridized carbons (Fsp3) is 0.467. The minimum absolute atomic E-state index is 0.0437. The molecule has 0 radical (unpaired) electrons. The predicted molar refractivity (Wildman–Crippen MR) is 72.3 cm³/mol. The third kappa shape index (κ3) is 3.62. The van der Waals surface area contributed by atoms with Crippen LogP contribution < -0.4 is 0 Å². The average molecular weight is 333 g/mol. The smallest absolute Gasteiger partial charge is 0.419 e. The lowest BCUT2D eigenvalue weighted by atomic mass is 9.93. The van der Waals surface area contributed by atoms with Crippen LogP contribution in [0.1, 0.15) is 35.7 Å². The van der Waals surface area contributed by atoms with Crippen LogP contribution in [0.2, 0.25) is 0 Å². The zero-order valence-electron chi connectivity index (χ0n) is 12.2. The van der Waals surface area contributed by atoms with Gasteiger partial charge >= 0.3 is 12.1 Å². The van der Waals surface area contributed by atoms with Gasteiger partial charge in [-0.25, -0.2) is 4.39 Å². The Hall–Kier alpha value is -2.12. The van der Waals surface area contributed by atoms with Crippen molar-refractivity contribution in [3.63, 3.8) is 0 Å². The first kappa shape index (κ1) is 17.2. The van der Waals surface area contributed by atoms with E-state index in [2.05, 4.69) is 0 Å². The highest BCUT2D eigenvalue weighted by Gasteiger charge is 2.36. The molecule has 126 valence electrons. The van der Waals surface area contributed by atoms with Crippen molar-refractivity contribution in [2.75, 3.05) is 6.54 Å². The monoisotopic (exact) mass is 333 g/mol. The molecule has 0 bridgehead atoms. The van der Waals surface area contributed by atoms with E-state index in [1.165, 1.54) is 4.90 Å². The van der Waals surface area contributed by atoms with E-state index >= 15 is 0 Å². The third-order valence-electron chi connectivity index (χ3n) is 4.01. The number of alkyl halides is 3. The quantitative estimate of drug-likeness (QED) is 0.846. The average Bonchev–Trinajstić information content (AvgIpc) is 2.45. The summed E-state index contributed by atoms with van der Waals surface area (Å²) < 4.78 is 51.2. The molecular formula is C15H15F4NO3. The Morgan fingerprint density at radius 1 is 1.26 bits per heavy atom. The van der Waals surface area contributed by atoms with E-state index in [1.807, 2.05) is 0 Å². The summed E-state index contributed by atoms with van der Waals surface area (Å²) in [6, 6.07) is 1.71. The molecule has 4 nitrogen and oxygen atoms in total. The lowest BCUT2D eigenvalue weighted by Crippen LogP contribution is -2.47. The van der Waals surface area contributed by atoms with Crippen LogP contribution in [0.25, 0.3) is 0 Å². The van der Waals surface area contributed by atoms with Gasteiger partial charge in [0.2, 0.25) is 0 Å². The van der Waals surface area contributed by atoms with Crippen LogP contribution in [0.3, 0.4) is 0 Å². The number of amides is 1. The molecule has 23 heavy (non-hydrogen) atoms. The van der Waals surface area contributed by atoms with Gasteiger partial charge in [0, 0.05) is 18.2 Å². The SMILES string of the molecule is CC1CCC(C(=O)O)CN1C(=O)c1ccc(C(F)(F)F)c(F)c1. The number of rotatable bonds is 2. The van der Waals surface area contributed by atoms with Crippen molar-refractivity contribution in [3.05, 3.63) is 35.1 Å². The Balaban J connectivity index is 2.25. The Labute approximate surface area is 129 Å². The van der Waals surface area contributed by atoms with E-state index in [0.29, 0.717) is 25.0 Å². The molecule has 1 fully saturated rings.